The van der Waals surface area contributed by atoms with Crippen molar-refractivity contribution in [2.75, 3.05) is 26.2 Å². The number of likely N-dealkylation sites (N-methyl/N-ethyl adjacent to an activating group) is 1. The molecule has 0 spiro atoms. The molecule has 5 nitrogen and oxygen atoms in total. The Labute approximate surface area is 89.4 Å². The van der Waals surface area contributed by atoms with Crippen LogP contribution in [0.15, 0.2) is 0 Å². The highest BCUT2D eigenvalue weighted by Gasteiger charge is 2.40. The Kier molecular flexibility index (Phi) is 3.68. The van der Waals surface area contributed by atoms with Gasteiger partial charge in [0.2, 0.25) is 5.91 Å². The number of aliphatic carboxylic acids is 1. The van der Waals surface area contributed by atoms with Crippen molar-refractivity contribution in [3.05, 3.63) is 0 Å². The van der Waals surface area contributed by atoms with Crippen LogP contribution in [0.2, 0.25) is 0 Å². The molecule has 1 aliphatic heterocycles. The minimum atomic E-state index is -0.777. The highest BCUT2D eigenvalue weighted by atomic mass is 16.4. The molecule has 1 saturated heterocycles. The second-order valence-electron chi connectivity index (χ2n) is 4.28. The summed E-state index contributed by atoms with van der Waals surface area (Å²) in [6, 6.07) is 0. The number of nitrogens with zero attached hydrogens (tertiary/aromatic N) is 1. The zero-order chi connectivity index (χ0) is 11.5. The topological polar surface area (TPSA) is 69.6 Å². The summed E-state index contributed by atoms with van der Waals surface area (Å²) in [5, 5.41) is 11.7. The van der Waals surface area contributed by atoms with E-state index in [-0.39, 0.29) is 5.91 Å². The van der Waals surface area contributed by atoms with Gasteiger partial charge in [-0.2, -0.15) is 0 Å². The summed E-state index contributed by atoms with van der Waals surface area (Å²) in [5.74, 6) is -0.812. The van der Waals surface area contributed by atoms with Gasteiger partial charge in [-0.3, -0.25) is 14.5 Å². The summed E-state index contributed by atoms with van der Waals surface area (Å²) in [5.41, 5.74) is -0.688. The van der Waals surface area contributed by atoms with Gasteiger partial charge in [0.15, 0.2) is 0 Å². The molecule has 1 amide bonds. The van der Waals surface area contributed by atoms with Crippen LogP contribution in [-0.4, -0.2) is 48.1 Å². The molecule has 1 aliphatic rings. The number of carboxylic acids is 1. The van der Waals surface area contributed by atoms with Crippen LogP contribution in [0.5, 0.6) is 0 Å². The molecule has 15 heavy (non-hydrogen) atoms. The average molecular weight is 214 g/mol. The van der Waals surface area contributed by atoms with E-state index in [1.807, 2.05) is 11.8 Å². The Morgan fingerprint density at radius 1 is 1.53 bits per heavy atom. The second kappa shape index (κ2) is 4.61. The monoisotopic (exact) mass is 214 g/mol. The first-order chi connectivity index (χ1) is 6.98. The lowest BCUT2D eigenvalue weighted by atomic mass is 9.90. The van der Waals surface area contributed by atoms with Gasteiger partial charge in [-0.25, -0.2) is 0 Å². The predicted molar refractivity (Wildman–Crippen MR) is 55.5 cm³/mol. The quantitative estimate of drug-likeness (QED) is 0.686. The van der Waals surface area contributed by atoms with Crippen molar-refractivity contribution in [3.8, 4) is 0 Å². The van der Waals surface area contributed by atoms with Crippen molar-refractivity contribution in [1.82, 2.24) is 10.2 Å². The van der Waals surface area contributed by atoms with Crippen molar-refractivity contribution >= 4 is 11.9 Å². The molecule has 1 heterocycles. The number of nitrogens with one attached hydrogen (secondary N) is 1. The first kappa shape index (κ1) is 12.0. The highest BCUT2D eigenvalue weighted by molar-refractivity contribution is 5.78. The van der Waals surface area contributed by atoms with E-state index in [1.54, 1.807) is 6.92 Å². The van der Waals surface area contributed by atoms with Gasteiger partial charge in [-0.1, -0.05) is 0 Å². The lowest BCUT2D eigenvalue weighted by Crippen LogP contribution is -2.38. The minimum absolute atomic E-state index is 0.0351. The van der Waals surface area contributed by atoms with Crippen molar-refractivity contribution in [3.63, 3.8) is 0 Å². The molecule has 0 radical (unpaired) electrons. The number of amides is 1. The maximum Gasteiger partial charge on any atom is 0.310 e. The molecule has 0 bridgehead atoms. The largest absolute Gasteiger partial charge is 0.481 e. The van der Waals surface area contributed by atoms with E-state index in [0.717, 1.165) is 0 Å². The zero-order valence-electron chi connectivity index (χ0n) is 9.25. The van der Waals surface area contributed by atoms with Crippen LogP contribution in [-0.2, 0) is 9.59 Å². The summed E-state index contributed by atoms with van der Waals surface area (Å²) < 4.78 is 0. The number of rotatable bonds is 4. The molecule has 2 N–H and O–H groups in total. The van der Waals surface area contributed by atoms with Crippen LogP contribution < -0.4 is 5.32 Å². The van der Waals surface area contributed by atoms with Crippen LogP contribution in [0.25, 0.3) is 0 Å². The molecular formula is C10H18N2O3. The molecule has 0 aromatic rings. The summed E-state index contributed by atoms with van der Waals surface area (Å²) in [6.45, 7) is 5.65. The fraction of sp³-hybridized carbons (Fsp3) is 0.800. The highest BCUT2D eigenvalue weighted by Crippen LogP contribution is 2.29. The average Bonchev–Trinajstić information content (AvgIpc) is 2.49. The summed E-state index contributed by atoms with van der Waals surface area (Å²) in [4.78, 5) is 24.1. The zero-order valence-corrected chi connectivity index (χ0v) is 9.25. The Morgan fingerprint density at radius 3 is 2.67 bits per heavy atom. The van der Waals surface area contributed by atoms with E-state index in [0.29, 0.717) is 32.6 Å². The van der Waals surface area contributed by atoms with Crippen LogP contribution in [0.1, 0.15) is 20.3 Å². The third-order valence-electron chi connectivity index (χ3n) is 2.81. The van der Waals surface area contributed by atoms with Gasteiger partial charge < -0.3 is 10.4 Å². The molecule has 0 aromatic carbocycles. The van der Waals surface area contributed by atoms with E-state index in [1.165, 1.54) is 0 Å². The van der Waals surface area contributed by atoms with Gasteiger partial charge in [0.05, 0.1) is 12.0 Å². The van der Waals surface area contributed by atoms with E-state index in [4.69, 9.17) is 5.11 Å². The number of hydrogen-bond acceptors (Lipinski definition) is 3. The summed E-state index contributed by atoms with van der Waals surface area (Å²) >= 11 is 0. The van der Waals surface area contributed by atoms with Gasteiger partial charge in [0.25, 0.3) is 0 Å². The Balaban J connectivity index is 2.43. The van der Waals surface area contributed by atoms with E-state index in [9.17, 15) is 9.59 Å². The van der Waals surface area contributed by atoms with Crippen LogP contribution in [0.3, 0.4) is 0 Å². The number of hydrogen-bond donors (Lipinski definition) is 2. The molecule has 1 fully saturated rings. The molecule has 1 unspecified atom stereocenters. The van der Waals surface area contributed by atoms with Gasteiger partial charge in [0, 0.05) is 13.1 Å². The summed E-state index contributed by atoms with van der Waals surface area (Å²) in [7, 11) is 0. The first-order valence-electron chi connectivity index (χ1n) is 5.20. The molecule has 1 atom stereocenters. The number of carboxylic acid groups (broad SMARTS) is 1. The summed E-state index contributed by atoms with van der Waals surface area (Å²) in [6.07, 6.45) is 0.613. The molecule has 0 aromatic heterocycles. The Morgan fingerprint density at radius 2 is 2.20 bits per heavy atom. The maximum absolute atomic E-state index is 11.3. The van der Waals surface area contributed by atoms with Crippen molar-refractivity contribution in [2.45, 2.75) is 20.3 Å². The van der Waals surface area contributed by atoms with Crippen molar-refractivity contribution < 1.29 is 14.7 Å². The smallest absolute Gasteiger partial charge is 0.310 e. The standard InChI is InChI=1S/C10H18N2O3/c1-3-11-8(13)6-12-5-4-10(2,7-12)9(14)15/h3-7H2,1-2H3,(H,11,13)(H,14,15). The molecule has 5 heteroatoms. The third kappa shape index (κ3) is 2.92. The normalized spacial score (nSPS) is 26.5. The SMILES string of the molecule is CCNC(=O)CN1CCC(C)(C(=O)O)C1. The fourth-order valence-electron chi connectivity index (χ4n) is 1.82. The molecular weight excluding hydrogens is 196 g/mol. The number of carbonyl (C=O) groups excluding carboxylic acids is 1. The second-order valence-corrected chi connectivity index (χ2v) is 4.28. The van der Waals surface area contributed by atoms with Crippen LogP contribution in [0, 0.1) is 5.41 Å². The number of carbonyl (C=O) groups is 2. The fourth-order valence-corrected chi connectivity index (χ4v) is 1.82. The third-order valence-corrected chi connectivity index (χ3v) is 2.81. The van der Waals surface area contributed by atoms with Gasteiger partial charge in [0.1, 0.15) is 0 Å². The Bertz CT molecular complexity index is 267. The molecule has 0 aliphatic carbocycles. The van der Waals surface area contributed by atoms with E-state index < -0.39 is 11.4 Å². The molecule has 0 saturated carbocycles. The van der Waals surface area contributed by atoms with Crippen molar-refractivity contribution in [2.24, 2.45) is 5.41 Å². The van der Waals surface area contributed by atoms with Crippen molar-refractivity contribution in [1.29, 1.82) is 0 Å². The molecule has 86 valence electrons. The lowest BCUT2D eigenvalue weighted by Gasteiger charge is -2.19. The number of likely N-dealkylation sites (tertiary alicyclic amines) is 1. The predicted octanol–water partition coefficient (Wildman–Crippen LogP) is -0.0809. The van der Waals surface area contributed by atoms with E-state index in [2.05, 4.69) is 5.32 Å². The van der Waals surface area contributed by atoms with E-state index >= 15 is 0 Å². The first-order valence-corrected chi connectivity index (χ1v) is 5.20. The maximum atomic E-state index is 11.3. The Hall–Kier alpha value is -1.10. The molecule has 1 rings (SSSR count). The van der Waals surface area contributed by atoms with Gasteiger partial charge >= 0.3 is 5.97 Å². The lowest BCUT2D eigenvalue weighted by molar-refractivity contribution is -0.147. The van der Waals surface area contributed by atoms with Crippen LogP contribution >= 0.6 is 0 Å². The van der Waals surface area contributed by atoms with Gasteiger partial charge in [-0.05, 0) is 26.8 Å². The minimum Gasteiger partial charge on any atom is -0.481 e. The van der Waals surface area contributed by atoms with Gasteiger partial charge in [-0.15, -0.1) is 0 Å². The van der Waals surface area contributed by atoms with Crippen LogP contribution in [0.4, 0.5) is 0 Å².